The van der Waals surface area contributed by atoms with E-state index >= 15 is 0 Å². The Morgan fingerprint density at radius 1 is 1.43 bits per heavy atom. The normalized spacial score (nSPS) is 41.2. The number of carbonyl (C=O) groups is 1. The molecule has 0 aromatic carbocycles. The molecule has 0 radical (unpaired) electrons. The highest BCUT2D eigenvalue weighted by molar-refractivity contribution is 5.67. The summed E-state index contributed by atoms with van der Waals surface area (Å²) in [5.41, 5.74) is -1.77. The van der Waals surface area contributed by atoms with Gasteiger partial charge >= 0.3 is 5.97 Å². The van der Waals surface area contributed by atoms with E-state index < -0.39 is 23.1 Å². The van der Waals surface area contributed by atoms with Crippen LogP contribution < -0.4 is 0 Å². The number of carboxylic acids is 1. The summed E-state index contributed by atoms with van der Waals surface area (Å²) in [7, 11) is 0. The summed E-state index contributed by atoms with van der Waals surface area (Å²) in [6.45, 7) is 5.17. The number of rotatable bonds is 2. The lowest BCUT2D eigenvalue weighted by Gasteiger charge is -2.38. The van der Waals surface area contributed by atoms with Crippen LogP contribution in [-0.2, 0) is 4.79 Å². The van der Waals surface area contributed by atoms with Crippen LogP contribution in [0.2, 0.25) is 0 Å². The highest BCUT2D eigenvalue weighted by Crippen LogP contribution is 2.51. The van der Waals surface area contributed by atoms with Crippen LogP contribution in [0.25, 0.3) is 0 Å². The molecule has 0 spiro atoms. The van der Waals surface area contributed by atoms with E-state index in [0.717, 1.165) is 0 Å². The molecule has 14 heavy (non-hydrogen) atoms. The van der Waals surface area contributed by atoms with Gasteiger partial charge in [0.15, 0.2) is 0 Å². The van der Waals surface area contributed by atoms with Crippen molar-refractivity contribution in [1.29, 1.82) is 0 Å². The molecule has 3 atom stereocenters. The van der Waals surface area contributed by atoms with Crippen LogP contribution in [0.1, 0.15) is 33.6 Å². The molecule has 1 rings (SSSR count). The standard InChI is InChI=1S/C10H18O4/c1-9(2)6(5-8(12)13)4-7(11)10(9,3)14/h6-7,11,14H,4-5H2,1-3H3,(H,12,13)/t6-,7?,10?/m0/s1. The molecule has 0 amide bonds. The molecule has 0 aromatic heterocycles. The second-order valence-corrected chi connectivity index (χ2v) is 4.92. The molecule has 0 aliphatic heterocycles. The number of carboxylic acid groups (broad SMARTS) is 1. The minimum atomic E-state index is -1.20. The first-order chi connectivity index (χ1) is 6.19. The SMILES string of the molecule is CC1(O)C(O)C[C@@H](CC(=O)O)C1(C)C. The molecule has 2 unspecified atom stereocenters. The van der Waals surface area contributed by atoms with Gasteiger partial charge in [0.2, 0.25) is 0 Å². The number of aliphatic hydroxyl groups excluding tert-OH is 1. The number of aliphatic carboxylic acids is 1. The van der Waals surface area contributed by atoms with E-state index in [-0.39, 0.29) is 12.3 Å². The Labute approximate surface area is 83.6 Å². The molecule has 1 saturated carbocycles. The Morgan fingerprint density at radius 2 is 1.93 bits per heavy atom. The van der Waals surface area contributed by atoms with Gasteiger partial charge in [0.1, 0.15) is 0 Å². The largest absolute Gasteiger partial charge is 0.481 e. The van der Waals surface area contributed by atoms with Gasteiger partial charge in [0.05, 0.1) is 11.7 Å². The van der Waals surface area contributed by atoms with E-state index in [1.165, 1.54) is 0 Å². The first kappa shape index (κ1) is 11.5. The van der Waals surface area contributed by atoms with E-state index in [1.807, 2.05) is 0 Å². The summed E-state index contributed by atoms with van der Waals surface area (Å²) in [5.74, 6) is -1.06. The van der Waals surface area contributed by atoms with Gasteiger partial charge in [0, 0.05) is 6.42 Å². The minimum absolute atomic E-state index is 0.000208. The summed E-state index contributed by atoms with van der Waals surface area (Å²) in [6.07, 6.45) is -0.478. The molecule has 0 saturated heterocycles. The number of hydrogen-bond donors (Lipinski definition) is 3. The molecule has 4 heteroatoms. The second kappa shape index (κ2) is 3.21. The lowest BCUT2D eigenvalue weighted by molar-refractivity contribution is -0.140. The third-order valence-electron chi connectivity index (χ3n) is 3.90. The Balaban J connectivity index is 2.88. The topological polar surface area (TPSA) is 77.8 Å². The van der Waals surface area contributed by atoms with Crippen molar-refractivity contribution in [1.82, 2.24) is 0 Å². The van der Waals surface area contributed by atoms with Crippen molar-refractivity contribution in [3.05, 3.63) is 0 Å². The molecule has 4 nitrogen and oxygen atoms in total. The smallest absolute Gasteiger partial charge is 0.303 e. The average Bonchev–Trinajstić information content (AvgIpc) is 2.12. The van der Waals surface area contributed by atoms with E-state index in [0.29, 0.717) is 6.42 Å². The van der Waals surface area contributed by atoms with Crippen LogP contribution in [0.4, 0.5) is 0 Å². The van der Waals surface area contributed by atoms with Gasteiger partial charge < -0.3 is 15.3 Å². The molecular weight excluding hydrogens is 184 g/mol. The van der Waals surface area contributed by atoms with Crippen molar-refractivity contribution in [3.63, 3.8) is 0 Å². The summed E-state index contributed by atoms with van der Waals surface area (Å²) >= 11 is 0. The van der Waals surface area contributed by atoms with E-state index in [2.05, 4.69) is 0 Å². The highest BCUT2D eigenvalue weighted by Gasteiger charge is 2.56. The molecule has 0 heterocycles. The van der Waals surface area contributed by atoms with E-state index in [4.69, 9.17) is 5.11 Å². The van der Waals surface area contributed by atoms with Crippen molar-refractivity contribution < 1.29 is 20.1 Å². The van der Waals surface area contributed by atoms with Crippen LogP contribution in [0.3, 0.4) is 0 Å². The third kappa shape index (κ3) is 1.53. The molecule has 1 fully saturated rings. The molecule has 1 aliphatic carbocycles. The predicted molar refractivity (Wildman–Crippen MR) is 50.8 cm³/mol. The lowest BCUT2D eigenvalue weighted by atomic mass is 9.72. The number of hydrogen-bond acceptors (Lipinski definition) is 3. The van der Waals surface area contributed by atoms with Crippen molar-refractivity contribution in [2.45, 2.75) is 45.3 Å². The zero-order valence-corrected chi connectivity index (χ0v) is 8.82. The fourth-order valence-electron chi connectivity index (χ4n) is 2.19. The molecule has 0 aromatic rings. The number of aliphatic hydroxyl groups is 2. The van der Waals surface area contributed by atoms with E-state index in [1.54, 1.807) is 20.8 Å². The van der Waals surface area contributed by atoms with Gasteiger partial charge in [-0.15, -0.1) is 0 Å². The lowest BCUT2D eigenvalue weighted by Crippen LogP contribution is -2.46. The predicted octanol–water partition coefficient (Wildman–Crippen LogP) is 0.619. The summed E-state index contributed by atoms with van der Waals surface area (Å²) in [5, 5.41) is 28.4. The quantitative estimate of drug-likeness (QED) is 0.613. The van der Waals surface area contributed by atoms with Gasteiger partial charge in [-0.25, -0.2) is 0 Å². The fourth-order valence-corrected chi connectivity index (χ4v) is 2.19. The maximum absolute atomic E-state index is 10.6. The summed E-state index contributed by atoms with van der Waals surface area (Å²) in [6, 6.07) is 0. The zero-order chi connectivity index (χ0) is 11.1. The monoisotopic (exact) mass is 202 g/mol. The molecular formula is C10H18O4. The van der Waals surface area contributed by atoms with Crippen LogP contribution >= 0.6 is 0 Å². The molecule has 82 valence electrons. The Kier molecular flexibility index (Phi) is 2.63. The summed E-state index contributed by atoms with van der Waals surface area (Å²) in [4.78, 5) is 10.6. The van der Waals surface area contributed by atoms with Crippen molar-refractivity contribution in [3.8, 4) is 0 Å². The van der Waals surface area contributed by atoms with Crippen LogP contribution in [0, 0.1) is 11.3 Å². The van der Waals surface area contributed by atoms with E-state index in [9.17, 15) is 15.0 Å². The second-order valence-electron chi connectivity index (χ2n) is 4.92. The van der Waals surface area contributed by atoms with Gasteiger partial charge in [-0.3, -0.25) is 4.79 Å². The van der Waals surface area contributed by atoms with Crippen LogP contribution in [-0.4, -0.2) is 33.0 Å². The van der Waals surface area contributed by atoms with Gasteiger partial charge in [-0.1, -0.05) is 13.8 Å². The zero-order valence-electron chi connectivity index (χ0n) is 8.82. The van der Waals surface area contributed by atoms with Gasteiger partial charge in [-0.05, 0) is 24.7 Å². The summed E-state index contributed by atoms with van der Waals surface area (Å²) < 4.78 is 0. The van der Waals surface area contributed by atoms with Crippen LogP contribution in [0.5, 0.6) is 0 Å². The van der Waals surface area contributed by atoms with Crippen LogP contribution in [0.15, 0.2) is 0 Å². The average molecular weight is 202 g/mol. The van der Waals surface area contributed by atoms with Crippen molar-refractivity contribution in [2.75, 3.05) is 0 Å². The fraction of sp³-hybridized carbons (Fsp3) is 0.900. The molecule has 0 bridgehead atoms. The maximum atomic E-state index is 10.6. The van der Waals surface area contributed by atoms with Gasteiger partial charge in [-0.2, -0.15) is 0 Å². The first-order valence-corrected chi connectivity index (χ1v) is 4.82. The Hall–Kier alpha value is -0.610. The maximum Gasteiger partial charge on any atom is 0.303 e. The third-order valence-corrected chi connectivity index (χ3v) is 3.90. The van der Waals surface area contributed by atoms with Gasteiger partial charge in [0.25, 0.3) is 0 Å². The van der Waals surface area contributed by atoms with Crippen molar-refractivity contribution in [2.24, 2.45) is 11.3 Å². The first-order valence-electron chi connectivity index (χ1n) is 4.82. The Bertz CT molecular complexity index is 245. The van der Waals surface area contributed by atoms with Crippen molar-refractivity contribution >= 4 is 5.97 Å². The highest BCUT2D eigenvalue weighted by atomic mass is 16.4. The minimum Gasteiger partial charge on any atom is -0.481 e. The Morgan fingerprint density at radius 3 is 2.21 bits per heavy atom. The molecule has 3 N–H and O–H groups in total. The molecule has 1 aliphatic rings.